The summed E-state index contributed by atoms with van der Waals surface area (Å²) in [6.07, 6.45) is 5.90. The number of aliphatic carboxylic acids is 1. The van der Waals surface area contributed by atoms with E-state index in [1.165, 1.54) is 18.4 Å². The monoisotopic (exact) mass is 529 g/mol. The van der Waals surface area contributed by atoms with Gasteiger partial charge in [0.2, 0.25) is 0 Å². The van der Waals surface area contributed by atoms with E-state index in [4.69, 9.17) is 10.1 Å². The first-order valence-corrected chi connectivity index (χ1v) is 14.3. The molecule has 2 amide bonds. The van der Waals surface area contributed by atoms with Gasteiger partial charge in [-0.1, -0.05) is 57.2 Å². The molecule has 7 heteroatoms. The smallest absolute Gasteiger partial charge is 0.305 e. The van der Waals surface area contributed by atoms with E-state index in [1.807, 2.05) is 17.0 Å². The fraction of sp³-hybridized carbons (Fsp3) is 0.500. The number of carboxylic acids is 1. The number of carboxylic acid groups (broad SMARTS) is 1. The molecule has 0 aromatic heterocycles. The van der Waals surface area contributed by atoms with Gasteiger partial charge >= 0.3 is 5.97 Å². The molecule has 206 valence electrons. The minimum Gasteiger partial charge on any atom is -0.481 e. The third-order valence-corrected chi connectivity index (χ3v) is 8.46. The Morgan fingerprint density at radius 3 is 2.26 bits per heavy atom. The second-order valence-corrected chi connectivity index (χ2v) is 11.8. The summed E-state index contributed by atoms with van der Waals surface area (Å²) in [5.74, 6) is 0.303. The molecule has 1 heterocycles. The number of aliphatic imine (C=N–C) groups is 1. The number of nitrogens with one attached hydrogen (secondary N) is 1. The van der Waals surface area contributed by atoms with E-state index in [2.05, 4.69) is 50.4 Å². The number of amides is 2. The molecule has 2 aliphatic carbocycles. The highest BCUT2D eigenvalue weighted by Gasteiger charge is 2.52. The van der Waals surface area contributed by atoms with Crippen molar-refractivity contribution < 1.29 is 19.5 Å². The summed E-state index contributed by atoms with van der Waals surface area (Å²) in [6, 6.07) is 15.6. The Hall–Kier alpha value is -3.48. The Kier molecular flexibility index (Phi) is 7.61. The van der Waals surface area contributed by atoms with Crippen LogP contribution in [-0.2, 0) is 9.59 Å². The maximum Gasteiger partial charge on any atom is 0.305 e. The van der Waals surface area contributed by atoms with Crippen LogP contribution in [0.5, 0.6) is 0 Å². The first kappa shape index (κ1) is 27.1. The van der Waals surface area contributed by atoms with Gasteiger partial charge in [-0.25, -0.2) is 0 Å². The van der Waals surface area contributed by atoms with Crippen molar-refractivity contribution in [3.05, 3.63) is 70.8 Å². The third kappa shape index (κ3) is 5.63. The molecule has 5 rings (SSSR count). The van der Waals surface area contributed by atoms with Crippen LogP contribution in [0.1, 0.15) is 105 Å². The zero-order valence-electron chi connectivity index (χ0n) is 23.2. The summed E-state index contributed by atoms with van der Waals surface area (Å²) >= 11 is 0. The summed E-state index contributed by atoms with van der Waals surface area (Å²) in [4.78, 5) is 44.8. The van der Waals surface area contributed by atoms with Gasteiger partial charge in [-0.05, 0) is 79.5 Å². The van der Waals surface area contributed by atoms with Crippen molar-refractivity contribution >= 4 is 23.5 Å². The van der Waals surface area contributed by atoms with Crippen LogP contribution in [0, 0.1) is 11.8 Å². The molecular formula is C32H39N3O4. The molecule has 2 aromatic carbocycles. The summed E-state index contributed by atoms with van der Waals surface area (Å²) in [7, 11) is 0. The molecule has 7 nitrogen and oxygen atoms in total. The Morgan fingerprint density at radius 1 is 1.05 bits per heavy atom. The Bertz CT molecular complexity index is 1250. The zero-order chi connectivity index (χ0) is 27.7. The molecule has 0 radical (unpaired) electrons. The molecule has 3 atom stereocenters. The van der Waals surface area contributed by atoms with E-state index in [1.54, 1.807) is 12.1 Å². The van der Waals surface area contributed by atoms with Crippen LogP contribution < -0.4 is 5.32 Å². The van der Waals surface area contributed by atoms with Crippen LogP contribution in [0.2, 0.25) is 0 Å². The van der Waals surface area contributed by atoms with Gasteiger partial charge in [0, 0.05) is 17.7 Å². The maximum atomic E-state index is 14.2. The highest BCUT2D eigenvalue weighted by atomic mass is 16.4. The van der Waals surface area contributed by atoms with Crippen LogP contribution in [0.15, 0.2) is 53.5 Å². The normalized spacial score (nSPS) is 25.5. The lowest BCUT2D eigenvalue weighted by Gasteiger charge is -2.47. The lowest BCUT2D eigenvalue weighted by molar-refractivity contribution is -0.137. The maximum absolute atomic E-state index is 14.2. The van der Waals surface area contributed by atoms with Crippen LogP contribution in [-0.4, -0.2) is 45.7 Å². The van der Waals surface area contributed by atoms with E-state index in [0.717, 1.165) is 36.8 Å². The van der Waals surface area contributed by atoms with Gasteiger partial charge in [-0.2, -0.15) is 0 Å². The highest BCUT2D eigenvalue weighted by Crippen LogP contribution is 2.48. The van der Waals surface area contributed by atoms with Crippen molar-refractivity contribution in [3.63, 3.8) is 0 Å². The molecule has 1 spiro atoms. The number of nitrogens with zero attached hydrogens (tertiary/aromatic N) is 2. The Morgan fingerprint density at radius 2 is 1.69 bits per heavy atom. The minimum absolute atomic E-state index is 0.0159. The molecule has 3 aliphatic rings. The number of carbonyl (C=O) groups is 3. The van der Waals surface area contributed by atoms with Gasteiger partial charge in [0.15, 0.2) is 0 Å². The van der Waals surface area contributed by atoms with Gasteiger partial charge < -0.3 is 15.3 Å². The molecule has 2 aromatic rings. The van der Waals surface area contributed by atoms with Crippen molar-refractivity contribution in [2.45, 2.75) is 83.3 Å². The fourth-order valence-corrected chi connectivity index (χ4v) is 6.71. The number of carbonyl (C=O) groups excluding carboxylic acids is 2. The van der Waals surface area contributed by atoms with E-state index in [9.17, 15) is 14.4 Å². The standard InChI is InChI=1S/C32H39N3O4/c1-4-27(24-9-13-26(14-10-24)30(38)33-16-15-28(36)37)35-31(39)29(25-11-7-23(8-12-25)22-5-6-22)34-32(35)18-20(2)17-21(3)19-32/h7-14,20-22,27H,4-6,15-19H2,1-3H3,(H,33,38)(H,36,37). The second kappa shape index (κ2) is 10.9. The number of hydrogen-bond donors (Lipinski definition) is 2. The molecule has 3 unspecified atom stereocenters. The summed E-state index contributed by atoms with van der Waals surface area (Å²) in [5, 5.41) is 11.5. The molecule has 2 saturated carbocycles. The van der Waals surface area contributed by atoms with Gasteiger partial charge in [-0.3, -0.25) is 19.4 Å². The molecule has 0 saturated heterocycles. The molecule has 39 heavy (non-hydrogen) atoms. The van der Waals surface area contributed by atoms with Crippen LogP contribution >= 0.6 is 0 Å². The van der Waals surface area contributed by atoms with Crippen molar-refractivity contribution in [1.82, 2.24) is 10.2 Å². The number of hydrogen-bond acceptors (Lipinski definition) is 4. The average Bonchev–Trinajstić information content (AvgIpc) is 3.71. The number of benzene rings is 2. The highest BCUT2D eigenvalue weighted by molar-refractivity contribution is 6.46. The van der Waals surface area contributed by atoms with Crippen LogP contribution in [0.4, 0.5) is 0 Å². The van der Waals surface area contributed by atoms with Crippen LogP contribution in [0.25, 0.3) is 0 Å². The predicted octanol–water partition coefficient (Wildman–Crippen LogP) is 5.70. The largest absolute Gasteiger partial charge is 0.481 e. The van der Waals surface area contributed by atoms with Crippen molar-refractivity contribution in [3.8, 4) is 0 Å². The Labute approximate surface area is 230 Å². The lowest BCUT2D eigenvalue weighted by atomic mass is 9.75. The van der Waals surface area contributed by atoms with Gasteiger partial charge in [0.05, 0.1) is 12.5 Å². The molecular weight excluding hydrogens is 490 g/mol. The van der Waals surface area contributed by atoms with Crippen molar-refractivity contribution in [2.75, 3.05) is 6.54 Å². The number of rotatable bonds is 9. The molecule has 2 fully saturated rings. The average molecular weight is 530 g/mol. The van der Waals surface area contributed by atoms with E-state index < -0.39 is 11.6 Å². The summed E-state index contributed by atoms with van der Waals surface area (Å²) in [5.41, 5.74) is 3.65. The summed E-state index contributed by atoms with van der Waals surface area (Å²) in [6.45, 7) is 6.69. The van der Waals surface area contributed by atoms with E-state index in [-0.39, 0.29) is 30.8 Å². The van der Waals surface area contributed by atoms with Gasteiger partial charge in [0.1, 0.15) is 11.4 Å². The predicted molar refractivity (Wildman–Crippen MR) is 151 cm³/mol. The van der Waals surface area contributed by atoms with Crippen molar-refractivity contribution in [2.24, 2.45) is 16.8 Å². The zero-order valence-corrected chi connectivity index (χ0v) is 23.2. The van der Waals surface area contributed by atoms with Gasteiger partial charge in [0.25, 0.3) is 11.8 Å². The first-order chi connectivity index (χ1) is 18.7. The molecule has 1 aliphatic heterocycles. The fourth-order valence-electron chi connectivity index (χ4n) is 6.71. The topological polar surface area (TPSA) is 99.1 Å². The third-order valence-electron chi connectivity index (χ3n) is 8.46. The van der Waals surface area contributed by atoms with E-state index in [0.29, 0.717) is 29.0 Å². The van der Waals surface area contributed by atoms with Crippen molar-refractivity contribution in [1.29, 1.82) is 0 Å². The summed E-state index contributed by atoms with van der Waals surface area (Å²) < 4.78 is 0. The molecule has 0 bridgehead atoms. The Balaban J connectivity index is 1.44. The van der Waals surface area contributed by atoms with Crippen LogP contribution in [0.3, 0.4) is 0 Å². The minimum atomic E-state index is -0.951. The van der Waals surface area contributed by atoms with Gasteiger partial charge in [-0.15, -0.1) is 0 Å². The lowest BCUT2D eigenvalue weighted by Crippen LogP contribution is -2.52. The second-order valence-electron chi connectivity index (χ2n) is 11.8. The quantitative estimate of drug-likeness (QED) is 0.435. The molecule has 2 N–H and O–H groups in total. The SMILES string of the molecule is CCC(c1ccc(C(=O)NCCC(=O)O)cc1)N1C(=O)C(c2ccc(C3CC3)cc2)=NC12CC(C)CC(C)C2. The first-order valence-electron chi connectivity index (χ1n) is 14.3. The van der Waals surface area contributed by atoms with E-state index >= 15 is 0 Å².